The Labute approximate surface area is 68.3 Å². The summed E-state index contributed by atoms with van der Waals surface area (Å²) in [7, 11) is 2.01. The quantitative estimate of drug-likeness (QED) is 0.650. The van der Waals surface area contributed by atoms with E-state index in [1.807, 2.05) is 17.9 Å². The molecule has 0 N–H and O–H groups in total. The average Bonchev–Trinajstić information content (AvgIpc) is 2.36. The Balaban J connectivity index is 2.60. The van der Waals surface area contributed by atoms with Crippen LogP contribution in [0.25, 0.3) is 0 Å². The SMILES string of the molecule is CCCC(C)c1cn(C)cn1. The minimum atomic E-state index is 0.612. The molecule has 1 aromatic rings. The van der Waals surface area contributed by atoms with E-state index in [2.05, 4.69) is 25.0 Å². The zero-order valence-corrected chi connectivity index (χ0v) is 7.54. The van der Waals surface area contributed by atoms with E-state index in [1.54, 1.807) is 0 Å². The molecule has 0 aliphatic heterocycles. The van der Waals surface area contributed by atoms with Crippen molar-refractivity contribution in [2.24, 2.45) is 7.05 Å². The van der Waals surface area contributed by atoms with Crippen molar-refractivity contribution >= 4 is 0 Å². The fraction of sp³-hybridized carbons (Fsp3) is 0.667. The van der Waals surface area contributed by atoms with Crippen molar-refractivity contribution < 1.29 is 0 Å². The highest BCUT2D eigenvalue weighted by Crippen LogP contribution is 2.17. The van der Waals surface area contributed by atoms with Crippen LogP contribution in [-0.4, -0.2) is 9.55 Å². The van der Waals surface area contributed by atoms with E-state index in [0.717, 1.165) is 0 Å². The molecular formula is C9H16N2. The molecule has 1 heterocycles. The van der Waals surface area contributed by atoms with Gasteiger partial charge in [-0.25, -0.2) is 4.98 Å². The van der Waals surface area contributed by atoms with Crippen molar-refractivity contribution in [2.75, 3.05) is 0 Å². The van der Waals surface area contributed by atoms with Gasteiger partial charge in [0.2, 0.25) is 0 Å². The highest BCUT2D eigenvalue weighted by atomic mass is 15.0. The second kappa shape index (κ2) is 3.56. The lowest BCUT2D eigenvalue weighted by Gasteiger charge is -2.04. The number of aryl methyl sites for hydroxylation is 1. The summed E-state index contributed by atoms with van der Waals surface area (Å²) in [6.45, 7) is 4.44. The van der Waals surface area contributed by atoms with E-state index < -0.39 is 0 Å². The van der Waals surface area contributed by atoms with Crippen LogP contribution in [0, 0.1) is 0 Å². The molecule has 0 aliphatic carbocycles. The van der Waals surface area contributed by atoms with Crippen molar-refractivity contribution in [1.29, 1.82) is 0 Å². The number of hydrogen-bond acceptors (Lipinski definition) is 1. The molecule has 0 amide bonds. The fourth-order valence-electron chi connectivity index (χ4n) is 1.27. The minimum Gasteiger partial charge on any atom is -0.340 e. The van der Waals surface area contributed by atoms with Gasteiger partial charge in [-0.15, -0.1) is 0 Å². The summed E-state index contributed by atoms with van der Waals surface area (Å²) < 4.78 is 2.00. The van der Waals surface area contributed by atoms with Gasteiger partial charge >= 0.3 is 0 Å². The van der Waals surface area contributed by atoms with Gasteiger partial charge in [-0.3, -0.25) is 0 Å². The summed E-state index contributed by atoms with van der Waals surface area (Å²) in [5, 5.41) is 0. The lowest BCUT2D eigenvalue weighted by Crippen LogP contribution is -1.92. The normalized spacial score (nSPS) is 13.4. The lowest BCUT2D eigenvalue weighted by molar-refractivity contribution is 0.650. The second-order valence-corrected chi connectivity index (χ2v) is 3.15. The molecule has 0 bridgehead atoms. The average molecular weight is 152 g/mol. The minimum absolute atomic E-state index is 0.612. The molecule has 0 aliphatic rings. The van der Waals surface area contributed by atoms with Crippen LogP contribution in [0.1, 0.15) is 38.3 Å². The van der Waals surface area contributed by atoms with Crippen LogP contribution in [0.4, 0.5) is 0 Å². The van der Waals surface area contributed by atoms with Crippen LogP contribution >= 0.6 is 0 Å². The molecular weight excluding hydrogens is 136 g/mol. The van der Waals surface area contributed by atoms with Crippen molar-refractivity contribution in [3.8, 4) is 0 Å². The molecule has 0 radical (unpaired) electrons. The van der Waals surface area contributed by atoms with Gasteiger partial charge in [-0.05, 0) is 12.3 Å². The highest BCUT2D eigenvalue weighted by Gasteiger charge is 2.05. The van der Waals surface area contributed by atoms with Crippen LogP contribution < -0.4 is 0 Å². The molecule has 0 spiro atoms. The Morgan fingerprint density at radius 1 is 1.64 bits per heavy atom. The van der Waals surface area contributed by atoms with Gasteiger partial charge < -0.3 is 4.57 Å². The molecule has 1 unspecified atom stereocenters. The number of nitrogens with zero attached hydrogens (tertiary/aromatic N) is 2. The van der Waals surface area contributed by atoms with Gasteiger partial charge in [0.05, 0.1) is 12.0 Å². The molecule has 2 heteroatoms. The Kier molecular flexibility index (Phi) is 2.69. The monoisotopic (exact) mass is 152 g/mol. The van der Waals surface area contributed by atoms with E-state index in [4.69, 9.17) is 0 Å². The Morgan fingerprint density at radius 3 is 2.82 bits per heavy atom. The number of imidazole rings is 1. The summed E-state index contributed by atoms with van der Waals surface area (Å²) in [6, 6.07) is 0. The third-order valence-corrected chi connectivity index (χ3v) is 1.95. The molecule has 0 saturated carbocycles. The van der Waals surface area contributed by atoms with Gasteiger partial charge in [-0.2, -0.15) is 0 Å². The molecule has 11 heavy (non-hydrogen) atoms. The molecule has 1 aromatic heterocycles. The summed E-state index contributed by atoms with van der Waals surface area (Å²) >= 11 is 0. The van der Waals surface area contributed by atoms with Crippen molar-refractivity contribution in [3.63, 3.8) is 0 Å². The zero-order chi connectivity index (χ0) is 8.27. The van der Waals surface area contributed by atoms with E-state index >= 15 is 0 Å². The molecule has 1 rings (SSSR count). The first-order valence-electron chi connectivity index (χ1n) is 4.22. The smallest absolute Gasteiger partial charge is 0.0946 e. The van der Waals surface area contributed by atoms with Gasteiger partial charge in [0.15, 0.2) is 0 Å². The maximum absolute atomic E-state index is 4.30. The molecule has 1 atom stereocenters. The molecule has 0 fully saturated rings. The van der Waals surface area contributed by atoms with E-state index in [0.29, 0.717) is 5.92 Å². The highest BCUT2D eigenvalue weighted by molar-refractivity contribution is 5.02. The fourth-order valence-corrected chi connectivity index (χ4v) is 1.27. The van der Waals surface area contributed by atoms with E-state index in [9.17, 15) is 0 Å². The van der Waals surface area contributed by atoms with Gasteiger partial charge in [0.25, 0.3) is 0 Å². The Hall–Kier alpha value is -0.790. The summed E-state index contributed by atoms with van der Waals surface area (Å²) in [6.07, 6.45) is 6.43. The van der Waals surface area contributed by atoms with Gasteiger partial charge in [0.1, 0.15) is 0 Å². The third-order valence-electron chi connectivity index (χ3n) is 1.95. The van der Waals surface area contributed by atoms with Crippen molar-refractivity contribution in [2.45, 2.75) is 32.6 Å². The first-order chi connectivity index (χ1) is 5.24. The van der Waals surface area contributed by atoms with Crippen LogP contribution in [0.15, 0.2) is 12.5 Å². The first-order valence-corrected chi connectivity index (χ1v) is 4.22. The maximum Gasteiger partial charge on any atom is 0.0946 e. The second-order valence-electron chi connectivity index (χ2n) is 3.15. The number of rotatable bonds is 3. The summed E-state index contributed by atoms with van der Waals surface area (Å²) in [5.41, 5.74) is 1.22. The number of aromatic nitrogens is 2. The molecule has 2 nitrogen and oxygen atoms in total. The first kappa shape index (κ1) is 8.31. The van der Waals surface area contributed by atoms with Gasteiger partial charge in [-0.1, -0.05) is 20.3 Å². The van der Waals surface area contributed by atoms with Crippen LogP contribution in [0.3, 0.4) is 0 Å². The Morgan fingerprint density at radius 2 is 2.36 bits per heavy atom. The lowest BCUT2D eigenvalue weighted by atomic mass is 10.0. The topological polar surface area (TPSA) is 17.8 Å². The predicted octanol–water partition coefficient (Wildman–Crippen LogP) is 2.32. The zero-order valence-electron chi connectivity index (χ0n) is 7.54. The molecule has 62 valence electrons. The predicted molar refractivity (Wildman–Crippen MR) is 46.5 cm³/mol. The van der Waals surface area contributed by atoms with Crippen molar-refractivity contribution in [3.05, 3.63) is 18.2 Å². The summed E-state index contributed by atoms with van der Waals surface area (Å²) in [5.74, 6) is 0.612. The van der Waals surface area contributed by atoms with Crippen molar-refractivity contribution in [1.82, 2.24) is 9.55 Å². The van der Waals surface area contributed by atoms with Gasteiger partial charge in [0, 0.05) is 13.2 Å². The molecule has 0 aromatic carbocycles. The van der Waals surface area contributed by atoms with Crippen LogP contribution in [-0.2, 0) is 7.05 Å². The maximum atomic E-state index is 4.30. The van der Waals surface area contributed by atoms with E-state index in [1.165, 1.54) is 18.5 Å². The van der Waals surface area contributed by atoms with Crippen LogP contribution in [0.2, 0.25) is 0 Å². The standard InChI is InChI=1S/C9H16N2/c1-4-5-8(2)9-6-11(3)7-10-9/h6-8H,4-5H2,1-3H3. The molecule has 0 saturated heterocycles. The Bertz CT molecular complexity index is 215. The van der Waals surface area contributed by atoms with E-state index in [-0.39, 0.29) is 0 Å². The third kappa shape index (κ3) is 2.07. The van der Waals surface area contributed by atoms with Crippen LogP contribution in [0.5, 0.6) is 0 Å². The summed E-state index contributed by atoms with van der Waals surface area (Å²) in [4.78, 5) is 4.30. The number of hydrogen-bond donors (Lipinski definition) is 0. The largest absolute Gasteiger partial charge is 0.340 e.